The summed E-state index contributed by atoms with van der Waals surface area (Å²) in [6.07, 6.45) is 1.94. The highest BCUT2D eigenvalue weighted by Crippen LogP contribution is 2.32. The van der Waals surface area contributed by atoms with Crippen LogP contribution in [0, 0.1) is 0 Å². The smallest absolute Gasteiger partial charge is 0.283 e. The van der Waals surface area contributed by atoms with E-state index in [2.05, 4.69) is 30.2 Å². The largest absolute Gasteiger partial charge is 0.494 e. The normalized spacial score (nSPS) is 15.0. The van der Waals surface area contributed by atoms with Crippen LogP contribution in [0.25, 0.3) is 0 Å². The first kappa shape index (κ1) is 20.8. The van der Waals surface area contributed by atoms with Gasteiger partial charge in [0.05, 0.1) is 12.3 Å². The van der Waals surface area contributed by atoms with Gasteiger partial charge in [-0.2, -0.15) is 12.8 Å². The number of fused-ring (bicyclic) bond motifs is 1. The molecule has 0 aromatic heterocycles. The maximum atomic E-state index is 12.5. The summed E-state index contributed by atoms with van der Waals surface area (Å²) in [4.78, 5) is 2.48. The SMILES string of the molecule is CC(C)N(C)CCCCOc1ccc2c(c1)S(=O)(=O)N=C2c1ccc(Cl)cc1. The van der Waals surface area contributed by atoms with Crippen LogP contribution in [0.5, 0.6) is 5.75 Å². The first-order valence-electron chi connectivity index (χ1n) is 9.36. The van der Waals surface area contributed by atoms with Gasteiger partial charge in [0.25, 0.3) is 10.0 Å². The Morgan fingerprint density at radius 2 is 1.82 bits per heavy atom. The molecular weight excluding hydrogens is 396 g/mol. The van der Waals surface area contributed by atoms with Crippen molar-refractivity contribution in [2.45, 2.75) is 37.6 Å². The Morgan fingerprint density at radius 1 is 1.11 bits per heavy atom. The van der Waals surface area contributed by atoms with Gasteiger partial charge in [0.2, 0.25) is 0 Å². The summed E-state index contributed by atoms with van der Waals surface area (Å²) in [5.74, 6) is 0.548. The minimum absolute atomic E-state index is 0.189. The molecule has 0 amide bonds. The molecule has 0 fully saturated rings. The van der Waals surface area contributed by atoms with Crippen molar-refractivity contribution in [2.24, 2.45) is 4.40 Å². The van der Waals surface area contributed by atoms with Crippen molar-refractivity contribution in [1.82, 2.24) is 4.90 Å². The molecule has 0 radical (unpaired) electrons. The van der Waals surface area contributed by atoms with Crippen molar-refractivity contribution in [2.75, 3.05) is 20.2 Å². The fourth-order valence-corrected chi connectivity index (χ4v) is 4.32. The second kappa shape index (κ2) is 8.64. The van der Waals surface area contributed by atoms with Gasteiger partial charge >= 0.3 is 0 Å². The van der Waals surface area contributed by atoms with Crippen LogP contribution in [0.3, 0.4) is 0 Å². The van der Waals surface area contributed by atoms with Crippen molar-refractivity contribution in [3.05, 3.63) is 58.6 Å². The van der Waals surface area contributed by atoms with Gasteiger partial charge in [-0.3, -0.25) is 0 Å². The van der Waals surface area contributed by atoms with Crippen molar-refractivity contribution >= 4 is 27.3 Å². The number of benzene rings is 2. The van der Waals surface area contributed by atoms with Crippen LogP contribution < -0.4 is 4.74 Å². The predicted octanol–water partition coefficient (Wildman–Crippen LogP) is 4.38. The van der Waals surface area contributed by atoms with Crippen LogP contribution in [-0.2, 0) is 10.0 Å². The summed E-state index contributed by atoms with van der Waals surface area (Å²) in [5.41, 5.74) is 1.75. The molecule has 3 rings (SSSR count). The molecule has 1 aliphatic heterocycles. The standard InChI is InChI=1S/C21H25ClN2O3S/c1-15(2)24(3)12-4-5-13-27-18-10-11-19-20(14-18)28(25,26)23-21(19)16-6-8-17(22)9-7-16/h6-11,14-15H,4-5,12-13H2,1-3H3. The van der Waals surface area contributed by atoms with E-state index < -0.39 is 10.0 Å². The molecule has 0 bridgehead atoms. The monoisotopic (exact) mass is 420 g/mol. The lowest BCUT2D eigenvalue weighted by Gasteiger charge is -2.20. The molecule has 7 heteroatoms. The Hall–Kier alpha value is -1.89. The molecule has 0 spiro atoms. The fourth-order valence-electron chi connectivity index (χ4n) is 2.95. The van der Waals surface area contributed by atoms with E-state index >= 15 is 0 Å². The zero-order valence-corrected chi connectivity index (χ0v) is 17.9. The van der Waals surface area contributed by atoms with Gasteiger partial charge in [0, 0.05) is 28.3 Å². The molecule has 2 aromatic rings. The van der Waals surface area contributed by atoms with Gasteiger partial charge < -0.3 is 9.64 Å². The molecule has 2 aromatic carbocycles. The lowest BCUT2D eigenvalue weighted by Crippen LogP contribution is -2.27. The molecule has 0 N–H and O–H groups in total. The molecule has 0 atom stereocenters. The topological polar surface area (TPSA) is 59.0 Å². The first-order chi connectivity index (χ1) is 13.3. The molecule has 0 unspecified atom stereocenters. The van der Waals surface area contributed by atoms with Crippen molar-refractivity contribution in [1.29, 1.82) is 0 Å². The van der Waals surface area contributed by atoms with Crippen molar-refractivity contribution in [3.8, 4) is 5.75 Å². The van der Waals surface area contributed by atoms with Crippen LogP contribution in [0.1, 0.15) is 37.8 Å². The van der Waals surface area contributed by atoms with E-state index in [1.807, 2.05) is 0 Å². The van der Waals surface area contributed by atoms with E-state index in [1.54, 1.807) is 42.5 Å². The van der Waals surface area contributed by atoms with E-state index in [4.69, 9.17) is 16.3 Å². The second-order valence-electron chi connectivity index (χ2n) is 7.21. The summed E-state index contributed by atoms with van der Waals surface area (Å²) in [6, 6.07) is 12.6. The third kappa shape index (κ3) is 4.74. The van der Waals surface area contributed by atoms with E-state index in [-0.39, 0.29) is 4.90 Å². The number of ether oxygens (including phenoxy) is 1. The minimum atomic E-state index is -3.72. The Labute approximate surface area is 172 Å². The Morgan fingerprint density at radius 3 is 2.50 bits per heavy atom. The molecule has 28 heavy (non-hydrogen) atoms. The zero-order valence-electron chi connectivity index (χ0n) is 16.4. The Balaban J connectivity index is 1.67. The molecule has 0 aliphatic carbocycles. The van der Waals surface area contributed by atoms with Gasteiger partial charge in [0.1, 0.15) is 10.6 Å². The van der Waals surface area contributed by atoms with Gasteiger partial charge in [0.15, 0.2) is 0 Å². The van der Waals surface area contributed by atoms with Gasteiger partial charge in [-0.1, -0.05) is 23.7 Å². The van der Waals surface area contributed by atoms with Gasteiger partial charge in [-0.05, 0) is 64.5 Å². The fraction of sp³-hybridized carbons (Fsp3) is 0.381. The van der Waals surface area contributed by atoms with Crippen LogP contribution in [0.2, 0.25) is 5.02 Å². The van der Waals surface area contributed by atoms with E-state index in [1.165, 1.54) is 0 Å². The lowest BCUT2D eigenvalue weighted by atomic mass is 10.0. The number of hydrogen-bond donors (Lipinski definition) is 0. The third-order valence-electron chi connectivity index (χ3n) is 4.87. The van der Waals surface area contributed by atoms with E-state index in [0.29, 0.717) is 34.7 Å². The molecular formula is C21H25ClN2O3S. The average molecular weight is 421 g/mol. The first-order valence-corrected chi connectivity index (χ1v) is 11.2. The van der Waals surface area contributed by atoms with Crippen molar-refractivity contribution < 1.29 is 13.2 Å². The zero-order chi connectivity index (χ0) is 20.3. The van der Waals surface area contributed by atoms with Crippen LogP contribution in [0.15, 0.2) is 51.8 Å². The molecule has 0 saturated heterocycles. The lowest BCUT2D eigenvalue weighted by molar-refractivity contribution is 0.249. The van der Waals surface area contributed by atoms with Crippen LogP contribution in [0.4, 0.5) is 0 Å². The Bertz CT molecular complexity index is 970. The maximum Gasteiger partial charge on any atom is 0.283 e. The minimum Gasteiger partial charge on any atom is -0.494 e. The van der Waals surface area contributed by atoms with Crippen LogP contribution in [-0.4, -0.2) is 45.3 Å². The maximum absolute atomic E-state index is 12.5. The highest BCUT2D eigenvalue weighted by molar-refractivity contribution is 7.90. The van der Waals surface area contributed by atoms with E-state index in [0.717, 1.165) is 24.9 Å². The number of nitrogens with zero attached hydrogens (tertiary/aromatic N) is 2. The van der Waals surface area contributed by atoms with Gasteiger partial charge in [-0.25, -0.2) is 0 Å². The second-order valence-corrected chi connectivity index (χ2v) is 9.22. The number of sulfonamides is 1. The number of rotatable bonds is 8. The molecule has 0 saturated carbocycles. The number of halogens is 1. The van der Waals surface area contributed by atoms with Crippen LogP contribution >= 0.6 is 11.6 Å². The molecule has 1 heterocycles. The highest BCUT2D eigenvalue weighted by Gasteiger charge is 2.30. The summed E-state index contributed by atoms with van der Waals surface area (Å²) < 4.78 is 34.7. The molecule has 5 nitrogen and oxygen atoms in total. The van der Waals surface area contributed by atoms with Gasteiger partial charge in [-0.15, -0.1) is 0 Å². The van der Waals surface area contributed by atoms with Crippen molar-refractivity contribution in [3.63, 3.8) is 0 Å². The third-order valence-corrected chi connectivity index (χ3v) is 6.44. The Kier molecular flexibility index (Phi) is 6.43. The van der Waals surface area contributed by atoms with E-state index in [9.17, 15) is 8.42 Å². The highest BCUT2D eigenvalue weighted by atomic mass is 35.5. The summed E-state index contributed by atoms with van der Waals surface area (Å²) in [7, 11) is -1.62. The summed E-state index contributed by atoms with van der Waals surface area (Å²) in [6.45, 7) is 5.90. The predicted molar refractivity (Wildman–Crippen MR) is 113 cm³/mol. The molecule has 150 valence electrons. The quantitative estimate of drug-likeness (QED) is 0.594. The summed E-state index contributed by atoms with van der Waals surface area (Å²) in [5, 5.41) is 0.591. The summed E-state index contributed by atoms with van der Waals surface area (Å²) >= 11 is 5.92. The average Bonchev–Trinajstić information content (AvgIpc) is 2.92. The number of hydrogen-bond acceptors (Lipinski definition) is 4. The number of unbranched alkanes of at least 4 members (excludes halogenated alkanes) is 1. The molecule has 1 aliphatic rings.